The van der Waals surface area contributed by atoms with Crippen LogP contribution in [0.25, 0.3) is 11.3 Å². The average molecular weight is 423 g/mol. The minimum Gasteiger partial charge on any atom is -0.494 e. The molecule has 2 aromatic heterocycles. The van der Waals surface area contributed by atoms with E-state index in [0.29, 0.717) is 0 Å². The molecule has 5 nitrogen and oxygen atoms in total. The second-order valence-corrected chi connectivity index (χ2v) is 8.92. The van der Waals surface area contributed by atoms with Crippen molar-refractivity contribution in [2.24, 2.45) is 5.92 Å². The summed E-state index contributed by atoms with van der Waals surface area (Å²) in [5.74, 6) is 1.66. The summed E-state index contributed by atoms with van der Waals surface area (Å²) in [6, 6.07) is 10.7. The van der Waals surface area contributed by atoms with Gasteiger partial charge in [0.2, 0.25) is 0 Å². The summed E-state index contributed by atoms with van der Waals surface area (Å²) in [5.41, 5.74) is 4.35. The highest BCUT2D eigenvalue weighted by atomic mass is 32.1. The molecule has 3 aromatic rings. The Bertz CT molecular complexity index is 932. The summed E-state index contributed by atoms with van der Waals surface area (Å²) in [6.45, 7) is 6.12. The molecule has 0 saturated carbocycles. The number of anilines is 2. The Morgan fingerprint density at radius 1 is 1.17 bits per heavy atom. The first kappa shape index (κ1) is 20.8. The Labute approximate surface area is 183 Å². The second-order valence-electron chi connectivity index (χ2n) is 8.06. The number of thiazole rings is 1. The lowest BCUT2D eigenvalue weighted by molar-refractivity contribution is 0.191. The Balaban J connectivity index is 1.31. The zero-order chi connectivity index (χ0) is 20.8. The van der Waals surface area contributed by atoms with Crippen LogP contribution in [0.15, 0.2) is 48.1 Å². The molecule has 4 rings (SSSR count). The van der Waals surface area contributed by atoms with Gasteiger partial charge in [-0.3, -0.25) is 4.98 Å². The Kier molecular flexibility index (Phi) is 6.97. The van der Waals surface area contributed by atoms with Crippen molar-refractivity contribution >= 4 is 22.2 Å². The zero-order valence-electron chi connectivity index (χ0n) is 17.8. The van der Waals surface area contributed by atoms with Crippen molar-refractivity contribution < 1.29 is 4.74 Å². The fourth-order valence-electron chi connectivity index (χ4n) is 3.87. The number of methoxy groups -OCH3 is 1. The molecule has 1 N–H and O–H groups in total. The first-order valence-corrected chi connectivity index (χ1v) is 11.6. The van der Waals surface area contributed by atoms with Gasteiger partial charge in [0.1, 0.15) is 11.4 Å². The molecule has 158 valence electrons. The first-order chi connectivity index (χ1) is 14.7. The third-order valence-corrected chi connectivity index (χ3v) is 6.57. The number of benzene rings is 1. The van der Waals surface area contributed by atoms with E-state index in [4.69, 9.17) is 9.72 Å². The number of piperidine rings is 1. The van der Waals surface area contributed by atoms with Crippen molar-refractivity contribution in [1.29, 1.82) is 0 Å². The van der Waals surface area contributed by atoms with Gasteiger partial charge in [0.25, 0.3) is 0 Å². The van der Waals surface area contributed by atoms with Gasteiger partial charge in [-0.15, -0.1) is 11.3 Å². The van der Waals surface area contributed by atoms with Crippen LogP contribution in [0.1, 0.15) is 31.7 Å². The SMILES string of the molecule is COc1ccncc1Nc1nc(-c2ccc(CCCN3CCC(C)CC3)cc2)cs1. The predicted octanol–water partition coefficient (Wildman–Crippen LogP) is 5.62. The molecule has 3 heterocycles. The zero-order valence-corrected chi connectivity index (χ0v) is 18.6. The number of aromatic nitrogens is 2. The molecule has 1 fully saturated rings. The van der Waals surface area contributed by atoms with Crippen LogP contribution in [0.5, 0.6) is 5.75 Å². The van der Waals surface area contributed by atoms with Gasteiger partial charge >= 0.3 is 0 Å². The molecular formula is C24H30N4OS. The number of ether oxygens (including phenoxy) is 1. The molecular weight excluding hydrogens is 392 g/mol. The van der Waals surface area contributed by atoms with Gasteiger partial charge in [-0.1, -0.05) is 31.2 Å². The predicted molar refractivity (Wildman–Crippen MR) is 125 cm³/mol. The van der Waals surface area contributed by atoms with Crippen LogP contribution in [0.3, 0.4) is 0 Å². The summed E-state index contributed by atoms with van der Waals surface area (Å²) < 4.78 is 5.37. The molecule has 30 heavy (non-hydrogen) atoms. The van der Waals surface area contributed by atoms with Crippen LogP contribution >= 0.6 is 11.3 Å². The lowest BCUT2D eigenvalue weighted by Crippen LogP contribution is -2.33. The summed E-state index contributed by atoms with van der Waals surface area (Å²) in [5, 5.41) is 6.21. The van der Waals surface area contributed by atoms with E-state index in [2.05, 4.69) is 51.8 Å². The molecule has 0 spiro atoms. The van der Waals surface area contributed by atoms with Crippen molar-refractivity contribution in [3.05, 3.63) is 53.7 Å². The van der Waals surface area contributed by atoms with Crippen LogP contribution in [-0.4, -0.2) is 41.6 Å². The highest BCUT2D eigenvalue weighted by Crippen LogP contribution is 2.30. The summed E-state index contributed by atoms with van der Waals surface area (Å²) in [6.07, 6.45) is 8.53. The van der Waals surface area contributed by atoms with Crippen molar-refractivity contribution in [2.45, 2.75) is 32.6 Å². The molecule has 0 aliphatic carbocycles. The van der Waals surface area contributed by atoms with E-state index in [9.17, 15) is 0 Å². The van der Waals surface area contributed by atoms with Gasteiger partial charge in [-0.25, -0.2) is 4.98 Å². The van der Waals surface area contributed by atoms with Crippen molar-refractivity contribution in [2.75, 3.05) is 32.1 Å². The van der Waals surface area contributed by atoms with Gasteiger partial charge in [0.15, 0.2) is 5.13 Å². The molecule has 0 unspecified atom stereocenters. The largest absolute Gasteiger partial charge is 0.494 e. The quantitative estimate of drug-likeness (QED) is 0.510. The fraction of sp³-hybridized carbons (Fsp3) is 0.417. The van der Waals surface area contributed by atoms with Crippen molar-refractivity contribution in [3.63, 3.8) is 0 Å². The van der Waals surface area contributed by atoms with E-state index >= 15 is 0 Å². The molecule has 0 radical (unpaired) electrons. The Hall–Kier alpha value is -2.44. The lowest BCUT2D eigenvalue weighted by atomic mass is 9.99. The Morgan fingerprint density at radius 2 is 1.97 bits per heavy atom. The number of hydrogen-bond acceptors (Lipinski definition) is 6. The molecule has 0 amide bonds. The second kappa shape index (κ2) is 10.0. The standard InChI is InChI=1S/C24H30N4OS/c1-18-10-14-28(15-11-18)13-3-4-19-5-7-20(8-6-19)22-17-30-24(27-22)26-21-16-25-12-9-23(21)29-2/h5-9,12,16-18H,3-4,10-11,13-15H2,1-2H3,(H,26,27). The number of nitrogens with zero attached hydrogens (tertiary/aromatic N) is 3. The van der Waals surface area contributed by atoms with Gasteiger partial charge in [-0.05, 0) is 56.8 Å². The summed E-state index contributed by atoms with van der Waals surface area (Å²) >= 11 is 1.58. The summed E-state index contributed by atoms with van der Waals surface area (Å²) in [4.78, 5) is 11.5. The number of likely N-dealkylation sites (tertiary alicyclic amines) is 1. The maximum atomic E-state index is 5.37. The van der Waals surface area contributed by atoms with E-state index in [0.717, 1.165) is 40.2 Å². The minimum absolute atomic E-state index is 0.755. The molecule has 1 aromatic carbocycles. The van der Waals surface area contributed by atoms with Gasteiger partial charge in [0.05, 0.1) is 19.0 Å². The first-order valence-electron chi connectivity index (χ1n) is 10.7. The molecule has 0 bridgehead atoms. The highest BCUT2D eigenvalue weighted by molar-refractivity contribution is 7.14. The third-order valence-electron chi connectivity index (χ3n) is 5.81. The molecule has 1 aliphatic rings. The third kappa shape index (κ3) is 5.37. The molecule has 1 aliphatic heterocycles. The summed E-state index contributed by atoms with van der Waals surface area (Å²) in [7, 11) is 1.66. The minimum atomic E-state index is 0.755. The van der Waals surface area contributed by atoms with Crippen LogP contribution in [-0.2, 0) is 6.42 Å². The number of hydrogen-bond donors (Lipinski definition) is 1. The monoisotopic (exact) mass is 422 g/mol. The average Bonchev–Trinajstić information content (AvgIpc) is 3.24. The van der Waals surface area contributed by atoms with Crippen LogP contribution in [0.2, 0.25) is 0 Å². The van der Waals surface area contributed by atoms with Crippen LogP contribution in [0, 0.1) is 5.92 Å². The van der Waals surface area contributed by atoms with E-state index in [1.54, 1.807) is 30.8 Å². The maximum Gasteiger partial charge on any atom is 0.187 e. The van der Waals surface area contributed by atoms with Crippen molar-refractivity contribution in [3.8, 4) is 17.0 Å². The van der Waals surface area contributed by atoms with Gasteiger partial charge in [-0.2, -0.15) is 0 Å². The van der Waals surface area contributed by atoms with E-state index in [1.807, 2.05) is 6.07 Å². The molecule has 6 heteroatoms. The number of pyridine rings is 1. The van der Waals surface area contributed by atoms with E-state index < -0.39 is 0 Å². The lowest BCUT2D eigenvalue weighted by Gasteiger charge is -2.30. The van der Waals surface area contributed by atoms with Gasteiger partial charge in [0, 0.05) is 23.2 Å². The Morgan fingerprint density at radius 3 is 2.73 bits per heavy atom. The molecule has 0 atom stereocenters. The van der Waals surface area contributed by atoms with E-state index in [1.165, 1.54) is 44.5 Å². The molecule has 1 saturated heterocycles. The number of rotatable bonds is 8. The van der Waals surface area contributed by atoms with Crippen LogP contribution in [0.4, 0.5) is 10.8 Å². The number of aryl methyl sites for hydroxylation is 1. The van der Waals surface area contributed by atoms with Crippen molar-refractivity contribution in [1.82, 2.24) is 14.9 Å². The van der Waals surface area contributed by atoms with Crippen LogP contribution < -0.4 is 10.1 Å². The topological polar surface area (TPSA) is 50.3 Å². The van der Waals surface area contributed by atoms with E-state index in [-0.39, 0.29) is 0 Å². The van der Waals surface area contributed by atoms with Gasteiger partial charge < -0.3 is 15.0 Å². The normalized spacial score (nSPS) is 15.3. The number of nitrogens with one attached hydrogen (secondary N) is 1. The maximum absolute atomic E-state index is 5.37. The fourth-order valence-corrected chi connectivity index (χ4v) is 4.60. The smallest absolute Gasteiger partial charge is 0.187 e. The highest BCUT2D eigenvalue weighted by Gasteiger charge is 2.15.